The predicted octanol–water partition coefficient (Wildman–Crippen LogP) is 4.54. The molecule has 2 fully saturated rings. The van der Waals surface area contributed by atoms with Crippen LogP contribution < -0.4 is 15.1 Å². The second-order valence-corrected chi connectivity index (χ2v) is 9.19. The van der Waals surface area contributed by atoms with Gasteiger partial charge in [-0.3, -0.25) is 4.90 Å². The second kappa shape index (κ2) is 8.97. The Bertz CT molecular complexity index is 945. The molecular weight excluding hydrogens is 404 g/mol. The summed E-state index contributed by atoms with van der Waals surface area (Å²) >= 11 is 6.73. The molecule has 1 unspecified atom stereocenters. The molecule has 2 aromatic carbocycles. The fourth-order valence-corrected chi connectivity index (χ4v) is 5.37. The van der Waals surface area contributed by atoms with E-state index in [1.165, 1.54) is 35.4 Å². The zero-order valence-electron chi connectivity index (χ0n) is 18.2. The van der Waals surface area contributed by atoms with Gasteiger partial charge in [-0.15, -0.1) is 0 Å². The predicted molar refractivity (Wildman–Crippen MR) is 132 cm³/mol. The largest absolute Gasteiger partial charge is 0.368 e. The van der Waals surface area contributed by atoms with E-state index in [0.29, 0.717) is 6.04 Å². The summed E-state index contributed by atoms with van der Waals surface area (Å²) in [5.74, 6) is 0. The van der Waals surface area contributed by atoms with Crippen LogP contribution in [-0.4, -0.2) is 56.2 Å². The number of nitrogens with zero attached hydrogens (tertiary/aromatic N) is 3. The molecule has 3 aliphatic rings. The van der Waals surface area contributed by atoms with Crippen LogP contribution in [0.25, 0.3) is 5.70 Å². The lowest BCUT2D eigenvalue weighted by Crippen LogP contribution is -2.46. The first-order valence-electron chi connectivity index (χ1n) is 11.4. The first kappa shape index (κ1) is 20.5. The summed E-state index contributed by atoms with van der Waals surface area (Å²) in [5.41, 5.74) is 6.05. The molecular formula is C26H31ClN4. The van der Waals surface area contributed by atoms with Crippen molar-refractivity contribution in [3.8, 4) is 0 Å². The molecule has 162 valence electrons. The molecule has 0 aliphatic carbocycles. The molecule has 5 rings (SSSR count). The Labute approximate surface area is 190 Å². The summed E-state index contributed by atoms with van der Waals surface area (Å²) in [6, 6.07) is 20.1. The van der Waals surface area contributed by atoms with E-state index in [1.54, 1.807) is 0 Å². The van der Waals surface area contributed by atoms with Gasteiger partial charge in [0.15, 0.2) is 0 Å². The lowest BCUT2D eigenvalue weighted by atomic mass is 9.99. The maximum absolute atomic E-state index is 6.73. The molecule has 4 nitrogen and oxygen atoms in total. The number of para-hydroxylation sites is 1. The molecule has 0 amide bonds. The van der Waals surface area contributed by atoms with Crippen LogP contribution in [0.4, 0.5) is 11.4 Å². The number of halogens is 1. The zero-order chi connectivity index (χ0) is 21.2. The third-order valence-corrected chi connectivity index (χ3v) is 7.23. The lowest BCUT2D eigenvalue weighted by Gasteiger charge is -2.37. The Kier molecular flexibility index (Phi) is 5.93. The van der Waals surface area contributed by atoms with Crippen LogP contribution in [0.5, 0.6) is 0 Å². The van der Waals surface area contributed by atoms with Gasteiger partial charge in [-0.2, -0.15) is 0 Å². The van der Waals surface area contributed by atoms with Gasteiger partial charge >= 0.3 is 0 Å². The molecule has 2 aromatic rings. The summed E-state index contributed by atoms with van der Waals surface area (Å²) in [7, 11) is 2.19. The van der Waals surface area contributed by atoms with Crippen molar-refractivity contribution in [1.29, 1.82) is 0 Å². The standard InChI is InChI=1S/C26H31ClN4/c1-29-15-5-8-25(29)23-13-14-24(28-26(23)27)20-9-11-22(12-10-20)31-18-16-30(17-19-31)21-6-3-2-4-7-21/h2-4,6-7,9-14,25-26,28H,5,8,15-19H2,1H3/t25-,26?/m0/s1. The van der Waals surface area contributed by atoms with Gasteiger partial charge < -0.3 is 15.1 Å². The van der Waals surface area contributed by atoms with Gasteiger partial charge in [-0.05, 0) is 67.9 Å². The summed E-state index contributed by atoms with van der Waals surface area (Å²) in [5, 5.41) is 3.51. The zero-order valence-corrected chi connectivity index (χ0v) is 18.9. The fraction of sp³-hybridized carbons (Fsp3) is 0.385. The van der Waals surface area contributed by atoms with Crippen LogP contribution in [0.15, 0.2) is 72.3 Å². The van der Waals surface area contributed by atoms with Gasteiger partial charge in [0.2, 0.25) is 0 Å². The first-order valence-corrected chi connectivity index (χ1v) is 11.8. The number of benzene rings is 2. The van der Waals surface area contributed by atoms with Gasteiger partial charge in [0.25, 0.3) is 0 Å². The highest BCUT2D eigenvalue weighted by Gasteiger charge is 2.30. The van der Waals surface area contributed by atoms with Crippen molar-refractivity contribution in [3.63, 3.8) is 0 Å². The van der Waals surface area contributed by atoms with Gasteiger partial charge in [0.1, 0.15) is 5.50 Å². The number of dihydropyridines is 1. The van der Waals surface area contributed by atoms with Crippen LogP contribution >= 0.6 is 11.6 Å². The Morgan fingerprint density at radius 3 is 2.03 bits per heavy atom. The average Bonchev–Trinajstić information content (AvgIpc) is 3.25. The van der Waals surface area contributed by atoms with Crippen molar-refractivity contribution in [2.75, 3.05) is 49.6 Å². The van der Waals surface area contributed by atoms with Crippen molar-refractivity contribution >= 4 is 28.7 Å². The molecule has 0 bridgehead atoms. The topological polar surface area (TPSA) is 21.8 Å². The molecule has 2 saturated heterocycles. The van der Waals surface area contributed by atoms with Crippen molar-refractivity contribution in [1.82, 2.24) is 10.2 Å². The summed E-state index contributed by atoms with van der Waals surface area (Å²) in [4.78, 5) is 7.35. The number of hydrogen-bond donors (Lipinski definition) is 1. The third kappa shape index (κ3) is 4.32. The SMILES string of the molecule is CN1CCC[C@H]1C1=CC=C(c2ccc(N3CCN(c4ccccc4)CC3)cc2)NC1Cl. The highest BCUT2D eigenvalue weighted by atomic mass is 35.5. The van der Waals surface area contributed by atoms with E-state index in [4.69, 9.17) is 11.6 Å². The van der Waals surface area contributed by atoms with Gasteiger partial charge in [-0.1, -0.05) is 48.0 Å². The van der Waals surface area contributed by atoms with Crippen LogP contribution in [0.2, 0.25) is 0 Å². The molecule has 2 atom stereocenters. The number of nitrogens with one attached hydrogen (secondary N) is 1. The molecule has 0 radical (unpaired) electrons. The van der Waals surface area contributed by atoms with E-state index in [9.17, 15) is 0 Å². The summed E-state index contributed by atoms with van der Waals surface area (Å²) < 4.78 is 0. The van der Waals surface area contributed by atoms with Gasteiger partial charge in [0, 0.05) is 49.3 Å². The number of allylic oxidation sites excluding steroid dienone is 2. The number of hydrogen-bond acceptors (Lipinski definition) is 4. The molecule has 5 heteroatoms. The number of likely N-dealkylation sites (N-methyl/N-ethyl adjacent to an activating group) is 1. The second-order valence-electron chi connectivity index (χ2n) is 8.75. The number of likely N-dealkylation sites (tertiary alicyclic amines) is 1. The smallest absolute Gasteiger partial charge is 0.125 e. The Morgan fingerprint density at radius 2 is 1.45 bits per heavy atom. The van der Waals surface area contributed by atoms with Crippen molar-refractivity contribution in [2.45, 2.75) is 24.4 Å². The fourth-order valence-electron chi connectivity index (χ4n) is 5.04. The quantitative estimate of drug-likeness (QED) is 0.563. The van der Waals surface area contributed by atoms with Crippen molar-refractivity contribution in [3.05, 3.63) is 77.9 Å². The van der Waals surface area contributed by atoms with Crippen molar-refractivity contribution < 1.29 is 0 Å². The Morgan fingerprint density at radius 1 is 0.806 bits per heavy atom. The van der Waals surface area contributed by atoms with Gasteiger partial charge in [-0.25, -0.2) is 0 Å². The molecule has 3 heterocycles. The number of alkyl halides is 1. The Hall–Kier alpha value is -2.43. The first-order chi connectivity index (χ1) is 15.2. The molecule has 0 aromatic heterocycles. The van der Waals surface area contributed by atoms with Crippen LogP contribution in [0.3, 0.4) is 0 Å². The number of rotatable bonds is 4. The minimum Gasteiger partial charge on any atom is -0.368 e. The summed E-state index contributed by atoms with van der Waals surface area (Å²) in [6.07, 6.45) is 6.86. The van der Waals surface area contributed by atoms with Crippen LogP contribution in [0, 0.1) is 0 Å². The van der Waals surface area contributed by atoms with E-state index in [1.807, 2.05) is 0 Å². The minimum absolute atomic E-state index is 0.142. The molecule has 0 spiro atoms. The highest BCUT2D eigenvalue weighted by Crippen LogP contribution is 2.31. The number of anilines is 2. The maximum Gasteiger partial charge on any atom is 0.125 e. The minimum atomic E-state index is -0.142. The third-order valence-electron chi connectivity index (χ3n) is 6.87. The van der Waals surface area contributed by atoms with E-state index in [-0.39, 0.29) is 5.50 Å². The molecule has 31 heavy (non-hydrogen) atoms. The molecule has 0 saturated carbocycles. The van der Waals surface area contributed by atoms with Gasteiger partial charge in [0.05, 0.1) is 0 Å². The van der Waals surface area contributed by atoms with Crippen LogP contribution in [0.1, 0.15) is 18.4 Å². The van der Waals surface area contributed by atoms with E-state index in [2.05, 4.69) is 93.8 Å². The lowest BCUT2D eigenvalue weighted by molar-refractivity contribution is 0.338. The molecule has 1 N–H and O–H groups in total. The Balaban J connectivity index is 1.24. The van der Waals surface area contributed by atoms with E-state index >= 15 is 0 Å². The average molecular weight is 435 g/mol. The van der Waals surface area contributed by atoms with Crippen LogP contribution in [-0.2, 0) is 0 Å². The van der Waals surface area contributed by atoms with E-state index < -0.39 is 0 Å². The van der Waals surface area contributed by atoms with Crippen molar-refractivity contribution in [2.24, 2.45) is 0 Å². The van der Waals surface area contributed by atoms with E-state index in [0.717, 1.165) is 38.4 Å². The normalized spacial score (nSPS) is 24.6. The molecule has 3 aliphatic heterocycles. The highest BCUT2D eigenvalue weighted by molar-refractivity contribution is 6.23. The number of piperazine rings is 1. The maximum atomic E-state index is 6.73. The summed E-state index contributed by atoms with van der Waals surface area (Å²) in [6.45, 7) is 5.34. The monoisotopic (exact) mass is 434 g/mol.